The summed E-state index contributed by atoms with van der Waals surface area (Å²) in [6.45, 7) is 6.06. The number of anilines is 2. The van der Waals surface area contributed by atoms with E-state index in [1.54, 1.807) is 38.7 Å². The fourth-order valence-corrected chi connectivity index (χ4v) is 6.52. The molecular formula is C36H40N6O4. The third-order valence-electron chi connectivity index (χ3n) is 9.02. The zero-order valence-corrected chi connectivity index (χ0v) is 26.6. The number of carbonyl (C=O) groups excluding carboxylic acids is 2. The number of imide groups is 1. The van der Waals surface area contributed by atoms with E-state index in [4.69, 9.17) is 9.47 Å². The molecule has 46 heavy (non-hydrogen) atoms. The number of aromatic nitrogens is 2. The van der Waals surface area contributed by atoms with Gasteiger partial charge in [0, 0.05) is 51.2 Å². The van der Waals surface area contributed by atoms with Crippen LogP contribution in [-0.4, -0.2) is 78.5 Å². The van der Waals surface area contributed by atoms with Gasteiger partial charge in [-0.05, 0) is 61.2 Å². The van der Waals surface area contributed by atoms with Crippen molar-refractivity contribution in [3.63, 3.8) is 0 Å². The smallest absolute Gasteiger partial charge is 0.264 e. The molecule has 1 fully saturated rings. The van der Waals surface area contributed by atoms with Crippen LogP contribution >= 0.6 is 0 Å². The molecule has 6 rings (SSSR count). The number of hydrogen-bond donors (Lipinski definition) is 1. The molecule has 1 N–H and O–H groups in total. The van der Waals surface area contributed by atoms with E-state index in [0.29, 0.717) is 54.0 Å². The maximum atomic E-state index is 14.4. The van der Waals surface area contributed by atoms with Gasteiger partial charge in [-0.3, -0.25) is 19.4 Å². The van der Waals surface area contributed by atoms with Gasteiger partial charge in [0.1, 0.15) is 0 Å². The average Bonchev–Trinajstić information content (AvgIpc) is 3.37. The molecule has 2 aliphatic heterocycles. The third kappa shape index (κ3) is 6.25. The summed E-state index contributed by atoms with van der Waals surface area (Å²) in [6, 6.07) is 23.3. The van der Waals surface area contributed by atoms with Crippen molar-refractivity contribution in [2.24, 2.45) is 0 Å². The van der Waals surface area contributed by atoms with Crippen LogP contribution in [0.15, 0.2) is 85.2 Å². The van der Waals surface area contributed by atoms with Gasteiger partial charge >= 0.3 is 0 Å². The second-order valence-electron chi connectivity index (χ2n) is 11.6. The number of hydrogen-bond acceptors (Lipinski definition) is 9. The Kier molecular flexibility index (Phi) is 9.44. The number of amides is 2. The molecule has 3 heterocycles. The van der Waals surface area contributed by atoms with Crippen LogP contribution in [0.2, 0.25) is 0 Å². The zero-order valence-electron chi connectivity index (χ0n) is 26.6. The Hall–Kier alpha value is -4.96. The number of carbonyl (C=O) groups is 2. The minimum absolute atomic E-state index is 0.269. The second-order valence-corrected chi connectivity index (χ2v) is 11.6. The lowest BCUT2D eigenvalue weighted by molar-refractivity contribution is 0.0572. The van der Waals surface area contributed by atoms with Gasteiger partial charge in [0.25, 0.3) is 11.8 Å². The van der Waals surface area contributed by atoms with Gasteiger partial charge < -0.3 is 19.7 Å². The highest BCUT2D eigenvalue weighted by Gasteiger charge is 2.43. The first-order valence-electron chi connectivity index (χ1n) is 15.8. The Morgan fingerprint density at radius 1 is 0.804 bits per heavy atom. The molecule has 0 spiro atoms. The van der Waals surface area contributed by atoms with Crippen LogP contribution < -0.4 is 19.7 Å². The lowest BCUT2D eigenvalue weighted by Gasteiger charge is -2.39. The van der Waals surface area contributed by atoms with Crippen molar-refractivity contribution < 1.29 is 19.1 Å². The Balaban J connectivity index is 1.24. The maximum absolute atomic E-state index is 14.4. The molecule has 10 nitrogen and oxygen atoms in total. The monoisotopic (exact) mass is 620 g/mol. The van der Waals surface area contributed by atoms with Crippen LogP contribution in [0.25, 0.3) is 0 Å². The van der Waals surface area contributed by atoms with Gasteiger partial charge in [0.05, 0.1) is 37.1 Å². The largest absolute Gasteiger partial charge is 0.493 e. The second kappa shape index (κ2) is 14.0. The number of ether oxygens (including phenoxy) is 2. The van der Waals surface area contributed by atoms with Crippen molar-refractivity contribution in [1.82, 2.24) is 19.8 Å². The van der Waals surface area contributed by atoms with E-state index in [2.05, 4.69) is 56.3 Å². The van der Waals surface area contributed by atoms with E-state index >= 15 is 0 Å². The van der Waals surface area contributed by atoms with Crippen molar-refractivity contribution in [3.8, 4) is 11.5 Å². The van der Waals surface area contributed by atoms with Crippen molar-refractivity contribution in [2.75, 3.05) is 57.2 Å². The number of fused-ring (bicyclic) bond motifs is 1. The maximum Gasteiger partial charge on any atom is 0.264 e. The van der Waals surface area contributed by atoms with Crippen molar-refractivity contribution in [3.05, 3.63) is 107 Å². The van der Waals surface area contributed by atoms with Crippen LogP contribution in [0.1, 0.15) is 63.7 Å². The number of rotatable bonds is 12. The third-order valence-corrected chi connectivity index (χ3v) is 9.02. The van der Waals surface area contributed by atoms with Gasteiger partial charge in [-0.15, -0.1) is 0 Å². The van der Waals surface area contributed by atoms with E-state index in [1.165, 1.54) is 10.5 Å². The Morgan fingerprint density at radius 2 is 1.54 bits per heavy atom. The minimum Gasteiger partial charge on any atom is -0.493 e. The van der Waals surface area contributed by atoms with E-state index in [1.807, 2.05) is 36.4 Å². The molecule has 3 aromatic carbocycles. The highest BCUT2D eigenvalue weighted by Crippen LogP contribution is 2.40. The van der Waals surface area contributed by atoms with Crippen LogP contribution in [0.3, 0.4) is 0 Å². The molecule has 1 unspecified atom stereocenters. The number of methoxy groups -OCH3 is 2. The summed E-state index contributed by atoms with van der Waals surface area (Å²) in [4.78, 5) is 43.0. The molecule has 0 aliphatic carbocycles. The van der Waals surface area contributed by atoms with Crippen molar-refractivity contribution in [1.29, 1.82) is 0 Å². The predicted molar refractivity (Wildman–Crippen MR) is 178 cm³/mol. The summed E-state index contributed by atoms with van der Waals surface area (Å²) in [5.74, 6) is 1.11. The summed E-state index contributed by atoms with van der Waals surface area (Å²) in [5, 5.41) is 3.23. The molecule has 0 radical (unpaired) electrons. The lowest BCUT2D eigenvalue weighted by Crippen LogP contribution is -2.47. The van der Waals surface area contributed by atoms with Crippen LogP contribution in [0.4, 0.5) is 11.6 Å². The number of benzene rings is 3. The first-order valence-corrected chi connectivity index (χ1v) is 15.8. The number of nitrogens with zero attached hydrogens (tertiary/aromatic N) is 5. The number of nitrogens with one attached hydrogen (secondary N) is 1. The Labute approximate surface area is 270 Å². The molecule has 0 bridgehead atoms. The van der Waals surface area contributed by atoms with Crippen molar-refractivity contribution >= 4 is 23.5 Å². The van der Waals surface area contributed by atoms with E-state index in [-0.39, 0.29) is 11.8 Å². The van der Waals surface area contributed by atoms with Crippen LogP contribution in [0.5, 0.6) is 11.5 Å². The number of piperazine rings is 1. The normalized spacial score (nSPS) is 16.2. The molecule has 238 valence electrons. The quantitative estimate of drug-likeness (QED) is 0.160. The summed E-state index contributed by atoms with van der Waals surface area (Å²) in [7, 11) is 3.16. The standard InChI is InChI=1S/C36H40N6O4/c1-25(26-10-5-4-6-11-26)40-20-22-41(23-21-40)30-13-7-12-28-33(30)35(44)42(34(28)43)29(14-8-17-37-36-38-18-9-19-39-36)27-15-16-31(45-2)32(24-27)46-3/h4-7,9-13,15-16,18-19,24-25,29H,8,14,17,20-23H2,1-3H3,(H,37,38,39)/t25?,29-/m1/s1. The van der Waals surface area contributed by atoms with E-state index in [0.717, 1.165) is 37.4 Å². The lowest BCUT2D eigenvalue weighted by atomic mass is 9.99. The Bertz CT molecular complexity index is 1660. The highest BCUT2D eigenvalue weighted by atomic mass is 16.5. The predicted octanol–water partition coefficient (Wildman–Crippen LogP) is 5.61. The zero-order chi connectivity index (χ0) is 32.0. The fraction of sp³-hybridized carbons (Fsp3) is 0.333. The van der Waals surface area contributed by atoms with Gasteiger partial charge in [0.2, 0.25) is 5.95 Å². The molecule has 1 aromatic heterocycles. The van der Waals surface area contributed by atoms with Gasteiger partial charge in [-0.1, -0.05) is 42.5 Å². The van der Waals surface area contributed by atoms with Crippen LogP contribution in [-0.2, 0) is 0 Å². The van der Waals surface area contributed by atoms with Crippen molar-refractivity contribution in [2.45, 2.75) is 31.8 Å². The van der Waals surface area contributed by atoms with E-state index in [9.17, 15) is 9.59 Å². The molecule has 2 atom stereocenters. The van der Waals surface area contributed by atoms with Gasteiger partial charge in [-0.25, -0.2) is 9.97 Å². The molecular weight excluding hydrogens is 580 g/mol. The molecule has 0 saturated carbocycles. The first-order chi connectivity index (χ1) is 22.5. The summed E-state index contributed by atoms with van der Waals surface area (Å²) in [5.41, 5.74) is 3.84. The summed E-state index contributed by atoms with van der Waals surface area (Å²) in [6.07, 6.45) is 4.56. The topological polar surface area (TPSA) is 100 Å². The summed E-state index contributed by atoms with van der Waals surface area (Å²) < 4.78 is 11.0. The molecule has 2 amide bonds. The molecule has 1 saturated heterocycles. The highest BCUT2D eigenvalue weighted by molar-refractivity contribution is 6.24. The summed E-state index contributed by atoms with van der Waals surface area (Å²) >= 11 is 0. The van der Waals surface area contributed by atoms with Crippen LogP contribution in [0, 0.1) is 0 Å². The molecule has 2 aliphatic rings. The fourth-order valence-electron chi connectivity index (χ4n) is 6.52. The first kappa shape index (κ1) is 31.0. The average molecular weight is 621 g/mol. The molecule has 4 aromatic rings. The SMILES string of the molecule is COc1ccc([C@@H](CCCNc2ncccn2)N2C(=O)c3cccc(N4CCN(C(C)c5ccccc5)CC4)c3C2=O)cc1OC. The van der Waals surface area contributed by atoms with E-state index < -0.39 is 6.04 Å². The minimum atomic E-state index is -0.512. The Morgan fingerprint density at radius 3 is 2.26 bits per heavy atom. The molecule has 10 heteroatoms. The van der Waals surface area contributed by atoms with Gasteiger partial charge in [0.15, 0.2) is 11.5 Å². The van der Waals surface area contributed by atoms with Gasteiger partial charge in [-0.2, -0.15) is 0 Å².